The molecule has 20 heavy (non-hydrogen) atoms. The molecule has 0 heterocycles. The zero-order valence-electron chi connectivity index (χ0n) is 11.9. The van der Waals surface area contributed by atoms with Crippen molar-refractivity contribution in [1.82, 2.24) is 9.03 Å². The minimum atomic E-state index is -3.64. The summed E-state index contributed by atoms with van der Waals surface area (Å²) in [7, 11) is -0.946. The van der Waals surface area contributed by atoms with E-state index in [0.717, 1.165) is 9.87 Å². The Morgan fingerprint density at radius 2 is 1.95 bits per heavy atom. The van der Waals surface area contributed by atoms with Gasteiger partial charge in [0.15, 0.2) is 0 Å². The SMILES string of the molecule is COC(=O)CCN(C)S(=O)(=O)N[C@H](C)c1ccccc1. The molecule has 0 aliphatic heterocycles. The number of hydrogen-bond donors (Lipinski definition) is 1. The molecule has 0 aromatic heterocycles. The minimum absolute atomic E-state index is 0.0215. The molecule has 6 nitrogen and oxygen atoms in total. The highest BCUT2D eigenvalue weighted by Crippen LogP contribution is 2.13. The Morgan fingerprint density at radius 3 is 2.50 bits per heavy atom. The summed E-state index contributed by atoms with van der Waals surface area (Å²) in [4.78, 5) is 11.0. The van der Waals surface area contributed by atoms with E-state index >= 15 is 0 Å². The molecular weight excluding hydrogens is 280 g/mol. The highest BCUT2D eigenvalue weighted by atomic mass is 32.2. The number of nitrogens with zero attached hydrogens (tertiary/aromatic N) is 1. The number of hydrogen-bond acceptors (Lipinski definition) is 4. The first kappa shape index (κ1) is 16.6. The van der Waals surface area contributed by atoms with E-state index < -0.39 is 16.2 Å². The summed E-state index contributed by atoms with van der Waals surface area (Å²) in [6.45, 7) is 1.84. The number of ether oxygens (including phenoxy) is 1. The van der Waals surface area contributed by atoms with Crippen molar-refractivity contribution in [1.29, 1.82) is 0 Å². The van der Waals surface area contributed by atoms with E-state index in [1.807, 2.05) is 30.3 Å². The van der Waals surface area contributed by atoms with Crippen molar-refractivity contribution in [3.8, 4) is 0 Å². The highest BCUT2D eigenvalue weighted by Gasteiger charge is 2.21. The van der Waals surface area contributed by atoms with Crippen LogP contribution in [0, 0.1) is 0 Å². The van der Waals surface area contributed by atoms with E-state index in [4.69, 9.17) is 0 Å². The predicted octanol–water partition coefficient (Wildman–Crippen LogP) is 1.08. The van der Waals surface area contributed by atoms with Crippen LogP contribution in [0.2, 0.25) is 0 Å². The lowest BCUT2D eigenvalue weighted by molar-refractivity contribution is -0.140. The Hall–Kier alpha value is -1.44. The summed E-state index contributed by atoms with van der Waals surface area (Å²) in [5.41, 5.74) is 0.873. The molecular formula is C13H20N2O4S. The maximum atomic E-state index is 12.1. The molecule has 0 unspecified atom stereocenters. The Kier molecular flexibility index (Phi) is 6.12. The maximum Gasteiger partial charge on any atom is 0.306 e. The van der Waals surface area contributed by atoms with Gasteiger partial charge in [0.25, 0.3) is 10.2 Å². The highest BCUT2D eigenvalue weighted by molar-refractivity contribution is 7.87. The Bertz CT molecular complexity index is 531. The summed E-state index contributed by atoms with van der Waals surface area (Å²) >= 11 is 0. The van der Waals surface area contributed by atoms with E-state index in [0.29, 0.717) is 0 Å². The molecule has 0 saturated carbocycles. The molecule has 1 aromatic rings. The minimum Gasteiger partial charge on any atom is -0.469 e. The molecule has 0 radical (unpaired) electrons. The van der Waals surface area contributed by atoms with Gasteiger partial charge in [-0.15, -0.1) is 0 Å². The molecule has 0 saturated heterocycles. The zero-order chi connectivity index (χ0) is 15.2. The standard InChI is InChI=1S/C13H20N2O4S/c1-11(12-7-5-4-6-8-12)14-20(17,18)15(2)10-9-13(16)19-3/h4-8,11,14H,9-10H2,1-3H3/t11-/m1/s1. The molecule has 7 heteroatoms. The number of benzene rings is 1. The first-order valence-electron chi connectivity index (χ1n) is 6.22. The van der Waals surface area contributed by atoms with Gasteiger partial charge < -0.3 is 4.74 Å². The fraction of sp³-hybridized carbons (Fsp3) is 0.462. The summed E-state index contributed by atoms with van der Waals surface area (Å²) in [5, 5.41) is 0. The second-order valence-corrected chi connectivity index (χ2v) is 6.21. The lowest BCUT2D eigenvalue weighted by atomic mass is 10.1. The molecule has 0 fully saturated rings. The molecule has 1 aromatic carbocycles. The topological polar surface area (TPSA) is 75.7 Å². The van der Waals surface area contributed by atoms with Crippen molar-refractivity contribution in [3.63, 3.8) is 0 Å². The average molecular weight is 300 g/mol. The van der Waals surface area contributed by atoms with Gasteiger partial charge in [-0.2, -0.15) is 17.4 Å². The Labute approximate surface area is 119 Å². The molecule has 0 aliphatic carbocycles. The first-order valence-corrected chi connectivity index (χ1v) is 7.66. The van der Waals surface area contributed by atoms with Gasteiger partial charge in [-0.3, -0.25) is 4.79 Å². The van der Waals surface area contributed by atoms with E-state index in [1.165, 1.54) is 14.2 Å². The van der Waals surface area contributed by atoms with Crippen LogP contribution in [0.15, 0.2) is 30.3 Å². The molecule has 1 atom stereocenters. The number of methoxy groups -OCH3 is 1. The van der Waals surface area contributed by atoms with Gasteiger partial charge in [0.2, 0.25) is 0 Å². The number of rotatable bonds is 7. The zero-order valence-corrected chi connectivity index (χ0v) is 12.7. The number of carbonyl (C=O) groups is 1. The van der Waals surface area contributed by atoms with Gasteiger partial charge in [-0.05, 0) is 12.5 Å². The van der Waals surface area contributed by atoms with Crippen LogP contribution in [0.1, 0.15) is 24.9 Å². The van der Waals surface area contributed by atoms with Crippen LogP contribution in [-0.2, 0) is 19.7 Å². The second kappa shape index (κ2) is 7.37. The van der Waals surface area contributed by atoms with Crippen LogP contribution >= 0.6 is 0 Å². The quantitative estimate of drug-likeness (QED) is 0.765. The van der Waals surface area contributed by atoms with Crippen molar-refractivity contribution in [2.24, 2.45) is 0 Å². The van der Waals surface area contributed by atoms with Crippen molar-refractivity contribution < 1.29 is 17.9 Å². The van der Waals surface area contributed by atoms with Crippen LogP contribution in [0.25, 0.3) is 0 Å². The van der Waals surface area contributed by atoms with Gasteiger partial charge in [-0.1, -0.05) is 30.3 Å². The average Bonchev–Trinajstić information content (AvgIpc) is 2.44. The van der Waals surface area contributed by atoms with Gasteiger partial charge in [0.05, 0.1) is 13.5 Å². The molecule has 0 aliphatic rings. The predicted molar refractivity (Wildman–Crippen MR) is 76.2 cm³/mol. The Morgan fingerprint density at radius 1 is 1.35 bits per heavy atom. The smallest absolute Gasteiger partial charge is 0.306 e. The summed E-state index contributed by atoms with van der Waals surface area (Å²) in [6.07, 6.45) is 0.0215. The fourth-order valence-corrected chi connectivity index (χ4v) is 2.69. The number of nitrogens with one attached hydrogen (secondary N) is 1. The van der Waals surface area contributed by atoms with Crippen molar-refractivity contribution in [2.75, 3.05) is 20.7 Å². The summed E-state index contributed by atoms with van der Waals surface area (Å²) in [6, 6.07) is 8.92. The van der Waals surface area contributed by atoms with Crippen LogP contribution in [0.3, 0.4) is 0 Å². The molecule has 0 amide bonds. The molecule has 1 rings (SSSR count). The second-order valence-electron chi connectivity index (χ2n) is 4.40. The summed E-state index contributed by atoms with van der Waals surface area (Å²) < 4.78 is 32.3. The van der Waals surface area contributed by atoms with E-state index in [9.17, 15) is 13.2 Å². The third-order valence-corrected chi connectivity index (χ3v) is 4.55. The number of carbonyl (C=O) groups excluding carboxylic acids is 1. The van der Waals surface area contributed by atoms with E-state index in [1.54, 1.807) is 6.92 Å². The van der Waals surface area contributed by atoms with Crippen molar-refractivity contribution in [3.05, 3.63) is 35.9 Å². The first-order chi connectivity index (χ1) is 9.36. The van der Waals surface area contributed by atoms with Crippen LogP contribution < -0.4 is 4.72 Å². The van der Waals surface area contributed by atoms with Gasteiger partial charge in [0.1, 0.15) is 0 Å². The van der Waals surface area contributed by atoms with Crippen molar-refractivity contribution in [2.45, 2.75) is 19.4 Å². The summed E-state index contributed by atoms with van der Waals surface area (Å²) in [5.74, 6) is -0.442. The molecule has 112 valence electrons. The lowest BCUT2D eigenvalue weighted by Gasteiger charge is -2.21. The number of esters is 1. The van der Waals surface area contributed by atoms with Gasteiger partial charge >= 0.3 is 5.97 Å². The van der Waals surface area contributed by atoms with Crippen LogP contribution in [0.5, 0.6) is 0 Å². The van der Waals surface area contributed by atoms with E-state index in [2.05, 4.69) is 9.46 Å². The van der Waals surface area contributed by atoms with Gasteiger partial charge in [-0.25, -0.2) is 0 Å². The van der Waals surface area contributed by atoms with Gasteiger partial charge in [0, 0.05) is 19.6 Å². The molecule has 1 N–H and O–H groups in total. The third-order valence-electron chi connectivity index (χ3n) is 2.89. The van der Waals surface area contributed by atoms with E-state index in [-0.39, 0.29) is 19.0 Å². The molecule has 0 bridgehead atoms. The lowest BCUT2D eigenvalue weighted by Crippen LogP contribution is -2.40. The normalized spacial score (nSPS) is 13.2. The van der Waals surface area contributed by atoms with Crippen LogP contribution in [-0.4, -0.2) is 39.4 Å². The maximum absolute atomic E-state index is 12.1. The Balaban J connectivity index is 2.62. The monoisotopic (exact) mass is 300 g/mol. The van der Waals surface area contributed by atoms with Crippen LogP contribution in [0.4, 0.5) is 0 Å². The third kappa shape index (κ3) is 4.92. The fourth-order valence-electron chi connectivity index (χ4n) is 1.59. The molecule has 0 spiro atoms. The largest absolute Gasteiger partial charge is 0.469 e. The van der Waals surface area contributed by atoms with Crippen molar-refractivity contribution >= 4 is 16.2 Å².